The summed E-state index contributed by atoms with van der Waals surface area (Å²) in [5, 5.41) is 3.30. The van der Waals surface area contributed by atoms with Gasteiger partial charge in [0, 0.05) is 18.6 Å². The van der Waals surface area contributed by atoms with Crippen LogP contribution in [0.25, 0.3) is 0 Å². The highest BCUT2D eigenvalue weighted by atomic mass is 16.5. The van der Waals surface area contributed by atoms with Crippen molar-refractivity contribution in [2.45, 2.75) is 39.0 Å². The van der Waals surface area contributed by atoms with E-state index in [1.165, 1.54) is 32.1 Å². The van der Waals surface area contributed by atoms with Gasteiger partial charge in [0.15, 0.2) is 0 Å². The smallest absolute Gasteiger partial charge is 0.0535 e. The number of ether oxygens (including phenoxy) is 1. The molecule has 0 aliphatic carbocycles. The van der Waals surface area contributed by atoms with Gasteiger partial charge in [-0.3, -0.25) is 0 Å². The SMILES string of the molecule is CCCCCC1(CNC)CCOC1. The molecule has 78 valence electrons. The van der Waals surface area contributed by atoms with Gasteiger partial charge >= 0.3 is 0 Å². The van der Waals surface area contributed by atoms with Crippen LogP contribution in [-0.2, 0) is 4.74 Å². The van der Waals surface area contributed by atoms with Crippen molar-refractivity contribution in [3.63, 3.8) is 0 Å². The quantitative estimate of drug-likeness (QED) is 0.640. The third kappa shape index (κ3) is 3.28. The minimum absolute atomic E-state index is 0.462. The van der Waals surface area contributed by atoms with Gasteiger partial charge in [-0.05, 0) is 19.9 Å². The van der Waals surface area contributed by atoms with Gasteiger partial charge in [0.05, 0.1) is 6.61 Å². The van der Waals surface area contributed by atoms with Crippen LogP contribution in [0.15, 0.2) is 0 Å². The molecule has 1 atom stereocenters. The van der Waals surface area contributed by atoms with E-state index in [0.717, 1.165) is 19.8 Å². The summed E-state index contributed by atoms with van der Waals surface area (Å²) in [6, 6.07) is 0. The summed E-state index contributed by atoms with van der Waals surface area (Å²) in [6.45, 7) is 5.32. The van der Waals surface area contributed by atoms with Gasteiger partial charge in [0.25, 0.3) is 0 Å². The van der Waals surface area contributed by atoms with Crippen LogP contribution in [0.5, 0.6) is 0 Å². The molecule has 0 aromatic carbocycles. The topological polar surface area (TPSA) is 21.3 Å². The van der Waals surface area contributed by atoms with Crippen molar-refractivity contribution in [3.05, 3.63) is 0 Å². The van der Waals surface area contributed by atoms with Crippen molar-refractivity contribution in [2.24, 2.45) is 5.41 Å². The van der Waals surface area contributed by atoms with E-state index in [0.29, 0.717) is 5.41 Å². The van der Waals surface area contributed by atoms with E-state index in [4.69, 9.17) is 4.74 Å². The third-order valence-corrected chi connectivity index (χ3v) is 3.05. The Labute approximate surface area is 82.0 Å². The first-order valence-electron chi connectivity index (χ1n) is 5.55. The van der Waals surface area contributed by atoms with Crippen LogP contribution in [0.2, 0.25) is 0 Å². The highest BCUT2D eigenvalue weighted by Gasteiger charge is 2.33. The van der Waals surface area contributed by atoms with Crippen LogP contribution in [0.3, 0.4) is 0 Å². The molecule has 1 rings (SSSR count). The average molecular weight is 185 g/mol. The molecule has 13 heavy (non-hydrogen) atoms. The lowest BCUT2D eigenvalue weighted by Crippen LogP contribution is -2.33. The minimum Gasteiger partial charge on any atom is -0.381 e. The molecule has 0 amide bonds. The van der Waals surface area contributed by atoms with Gasteiger partial charge in [-0.15, -0.1) is 0 Å². The molecule has 0 bridgehead atoms. The largest absolute Gasteiger partial charge is 0.381 e. The van der Waals surface area contributed by atoms with E-state index in [1.54, 1.807) is 0 Å². The maximum atomic E-state index is 5.50. The molecule has 2 nitrogen and oxygen atoms in total. The Balaban J connectivity index is 2.28. The summed E-state index contributed by atoms with van der Waals surface area (Å²) in [7, 11) is 2.04. The number of hydrogen-bond donors (Lipinski definition) is 1. The van der Waals surface area contributed by atoms with Crippen LogP contribution in [-0.4, -0.2) is 26.8 Å². The lowest BCUT2D eigenvalue weighted by atomic mass is 9.82. The highest BCUT2D eigenvalue weighted by molar-refractivity contribution is 4.84. The Morgan fingerprint density at radius 3 is 2.77 bits per heavy atom. The summed E-state index contributed by atoms with van der Waals surface area (Å²) < 4.78 is 5.50. The summed E-state index contributed by atoms with van der Waals surface area (Å²) in [4.78, 5) is 0. The van der Waals surface area contributed by atoms with Gasteiger partial charge in [0.1, 0.15) is 0 Å². The zero-order chi connectivity index (χ0) is 9.57. The van der Waals surface area contributed by atoms with E-state index >= 15 is 0 Å². The van der Waals surface area contributed by atoms with E-state index in [9.17, 15) is 0 Å². The average Bonchev–Trinajstić information content (AvgIpc) is 2.55. The Morgan fingerprint density at radius 2 is 2.23 bits per heavy atom. The zero-order valence-electron chi connectivity index (χ0n) is 9.07. The van der Waals surface area contributed by atoms with Crippen LogP contribution in [0.4, 0.5) is 0 Å². The number of unbranched alkanes of at least 4 members (excludes halogenated alkanes) is 2. The lowest BCUT2D eigenvalue weighted by Gasteiger charge is -2.26. The number of rotatable bonds is 6. The molecule has 0 spiro atoms. The minimum atomic E-state index is 0.462. The van der Waals surface area contributed by atoms with Gasteiger partial charge in [-0.1, -0.05) is 26.2 Å². The molecule has 0 aromatic heterocycles. The predicted octanol–water partition coefficient (Wildman–Crippen LogP) is 2.19. The first kappa shape index (κ1) is 11.0. The molecule has 1 unspecified atom stereocenters. The van der Waals surface area contributed by atoms with Crippen molar-refractivity contribution in [3.8, 4) is 0 Å². The molecule has 0 radical (unpaired) electrons. The Bertz CT molecular complexity index is 130. The summed E-state index contributed by atoms with van der Waals surface area (Å²) in [6.07, 6.45) is 6.63. The normalized spacial score (nSPS) is 28.2. The van der Waals surface area contributed by atoms with E-state index in [1.807, 2.05) is 7.05 Å². The van der Waals surface area contributed by atoms with E-state index in [2.05, 4.69) is 12.2 Å². The molecule has 1 aliphatic heterocycles. The van der Waals surface area contributed by atoms with Crippen LogP contribution in [0, 0.1) is 5.41 Å². The lowest BCUT2D eigenvalue weighted by molar-refractivity contribution is 0.143. The molecular formula is C11H23NO. The number of nitrogens with one attached hydrogen (secondary N) is 1. The fourth-order valence-electron chi connectivity index (χ4n) is 2.20. The Kier molecular flexibility index (Phi) is 4.74. The molecule has 1 fully saturated rings. The van der Waals surface area contributed by atoms with E-state index < -0.39 is 0 Å². The van der Waals surface area contributed by atoms with E-state index in [-0.39, 0.29) is 0 Å². The molecule has 0 saturated carbocycles. The Hall–Kier alpha value is -0.0800. The summed E-state index contributed by atoms with van der Waals surface area (Å²) in [5.74, 6) is 0. The van der Waals surface area contributed by atoms with Crippen molar-refractivity contribution in [1.82, 2.24) is 5.32 Å². The standard InChI is InChI=1S/C11H23NO/c1-3-4-5-6-11(9-12-2)7-8-13-10-11/h12H,3-10H2,1-2H3. The molecule has 1 heterocycles. The molecule has 0 aromatic rings. The fraction of sp³-hybridized carbons (Fsp3) is 1.00. The molecular weight excluding hydrogens is 162 g/mol. The van der Waals surface area contributed by atoms with Gasteiger partial charge in [0.2, 0.25) is 0 Å². The van der Waals surface area contributed by atoms with Crippen molar-refractivity contribution in [2.75, 3.05) is 26.8 Å². The molecule has 1 saturated heterocycles. The van der Waals surface area contributed by atoms with Crippen LogP contribution < -0.4 is 5.32 Å². The van der Waals surface area contributed by atoms with Gasteiger partial charge in [-0.2, -0.15) is 0 Å². The van der Waals surface area contributed by atoms with Crippen molar-refractivity contribution >= 4 is 0 Å². The zero-order valence-corrected chi connectivity index (χ0v) is 9.07. The number of hydrogen-bond acceptors (Lipinski definition) is 2. The van der Waals surface area contributed by atoms with Gasteiger partial charge in [-0.25, -0.2) is 0 Å². The summed E-state index contributed by atoms with van der Waals surface area (Å²) in [5.41, 5.74) is 0.462. The Morgan fingerprint density at radius 1 is 1.38 bits per heavy atom. The third-order valence-electron chi connectivity index (χ3n) is 3.05. The maximum absolute atomic E-state index is 5.50. The van der Waals surface area contributed by atoms with Gasteiger partial charge < -0.3 is 10.1 Å². The van der Waals surface area contributed by atoms with Crippen LogP contribution in [0.1, 0.15) is 39.0 Å². The summed E-state index contributed by atoms with van der Waals surface area (Å²) >= 11 is 0. The molecule has 2 heteroatoms. The second kappa shape index (κ2) is 5.61. The predicted molar refractivity (Wildman–Crippen MR) is 55.9 cm³/mol. The van der Waals surface area contributed by atoms with Crippen LogP contribution >= 0.6 is 0 Å². The fourth-order valence-corrected chi connectivity index (χ4v) is 2.20. The molecule has 1 aliphatic rings. The molecule has 1 N–H and O–H groups in total. The first-order valence-corrected chi connectivity index (χ1v) is 5.55. The second-order valence-electron chi connectivity index (χ2n) is 4.29. The monoisotopic (exact) mass is 185 g/mol. The first-order chi connectivity index (χ1) is 6.33. The van der Waals surface area contributed by atoms with Crippen molar-refractivity contribution in [1.29, 1.82) is 0 Å². The second-order valence-corrected chi connectivity index (χ2v) is 4.29. The highest BCUT2D eigenvalue weighted by Crippen LogP contribution is 2.33. The van der Waals surface area contributed by atoms with Crippen molar-refractivity contribution < 1.29 is 4.74 Å². The maximum Gasteiger partial charge on any atom is 0.0535 e.